The Morgan fingerprint density at radius 2 is 1.91 bits per heavy atom. The van der Waals surface area contributed by atoms with Gasteiger partial charge in [-0.1, -0.05) is 17.3 Å². The summed E-state index contributed by atoms with van der Waals surface area (Å²) < 4.78 is 48.4. The van der Waals surface area contributed by atoms with E-state index in [2.05, 4.69) is 15.5 Å². The van der Waals surface area contributed by atoms with Crippen molar-refractivity contribution >= 4 is 28.2 Å². The Morgan fingerprint density at radius 1 is 1.22 bits per heavy atom. The summed E-state index contributed by atoms with van der Waals surface area (Å²) in [5.74, 6) is -0.708. The number of nitrogens with one attached hydrogen (secondary N) is 1. The van der Waals surface area contributed by atoms with E-state index >= 15 is 0 Å². The second-order valence-electron chi connectivity index (χ2n) is 7.41. The summed E-state index contributed by atoms with van der Waals surface area (Å²) in [6, 6.07) is 4.31. The minimum atomic E-state index is -4.44. The lowest BCUT2D eigenvalue weighted by atomic mass is 10.1. The van der Waals surface area contributed by atoms with Gasteiger partial charge in [-0.2, -0.15) is 18.2 Å². The smallest absolute Gasteiger partial charge is 0.416 e. The number of aryl methyl sites for hydroxylation is 1. The third-order valence-electron chi connectivity index (χ3n) is 5.04. The molecule has 11 heteroatoms. The highest BCUT2D eigenvalue weighted by atomic mass is 32.1. The van der Waals surface area contributed by atoms with Crippen LogP contribution >= 0.6 is 11.3 Å². The van der Waals surface area contributed by atoms with Crippen molar-refractivity contribution in [3.05, 3.63) is 51.7 Å². The van der Waals surface area contributed by atoms with Crippen molar-refractivity contribution in [2.24, 2.45) is 5.92 Å². The number of anilines is 1. The van der Waals surface area contributed by atoms with Crippen molar-refractivity contribution in [3.63, 3.8) is 0 Å². The normalized spacial score (nSPS) is 13.8. The van der Waals surface area contributed by atoms with Crippen molar-refractivity contribution in [1.29, 1.82) is 0 Å². The van der Waals surface area contributed by atoms with Gasteiger partial charge < -0.3 is 14.6 Å². The van der Waals surface area contributed by atoms with Crippen LogP contribution in [-0.4, -0.2) is 22.0 Å². The highest BCUT2D eigenvalue weighted by molar-refractivity contribution is 7.16. The molecule has 0 spiro atoms. The lowest BCUT2D eigenvalue weighted by Gasteiger charge is -2.06. The van der Waals surface area contributed by atoms with E-state index in [-0.39, 0.29) is 35.7 Å². The van der Waals surface area contributed by atoms with Crippen molar-refractivity contribution < 1.29 is 32.0 Å². The Kier molecular flexibility index (Phi) is 5.76. The van der Waals surface area contributed by atoms with Crippen LogP contribution in [0.3, 0.4) is 0 Å². The maximum absolute atomic E-state index is 12.7. The SMILES string of the molecule is Cc1sc(NC(=O)C2CC2)c(C(=O)OCc2nc(-c3ccc(C(F)(F)F)cc3)no2)c1C. The maximum atomic E-state index is 12.7. The molecule has 0 atom stereocenters. The average molecular weight is 465 g/mol. The molecule has 1 aliphatic carbocycles. The molecule has 32 heavy (non-hydrogen) atoms. The number of amides is 1. The number of carbonyl (C=O) groups excluding carboxylic acids is 2. The molecule has 0 aliphatic heterocycles. The van der Waals surface area contributed by atoms with Gasteiger partial charge in [-0.3, -0.25) is 4.79 Å². The summed E-state index contributed by atoms with van der Waals surface area (Å²) >= 11 is 1.30. The largest absolute Gasteiger partial charge is 0.452 e. The number of alkyl halides is 3. The maximum Gasteiger partial charge on any atom is 0.416 e. The summed E-state index contributed by atoms with van der Waals surface area (Å²) in [6.45, 7) is 3.29. The van der Waals surface area contributed by atoms with Gasteiger partial charge in [0, 0.05) is 16.4 Å². The highest BCUT2D eigenvalue weighted by Crippen LogP contribution is 2.36. The Labute approximate surface area is 184 Å². The first kappa shape index (κ1) is 22.0. The molecular formula is C21H18F3N3O4S. The molecule has 2 aromatic heterocycles. The molecule has 0 bridgehead atoms. The van der Waals surface area contributed by atoms with Gasteiger partial charge in [-0.15, -0.1) is 11.3 Å². The van der Waals surface area contributed by atoms with E-state index < -0.39 is 17.7 Å². The highest BCUT2D eigenvalue weighted by Gasteiger charge is 2.32. The number of carbonyl (C=O) groups is 2. The van der Waals surface area contributed by atoms with Gasteiger partial charge in [0.05, 0.1) is 11.1 Å². The van der Waals surface area contributed by atoms with Crippen LogP contribution in [0.15, 0.2) is 28.8 Å². The number of hydrogen-bond donors (Lipinski definition) is 1. The van der Waals surface area contributed by atoms with Crippen LogP contribution in [0.25, 0.3) is 11.4 Å². The quantitative estimate of drug-likeness (QED) is 0.507. The lowest BCUT2D eigenvalue weighted by molar-refractivity contribution is -0.137. The predicted molar refractivity (Wildman–Crippen MR) is 109 cm³/mol. The molecule has 1 N–H and O–H groups in total. The molecule has 3 aromatic rings. The van der Waals surface area contributed by atoms with Crippen molar-refractivity contribution in [1.82, 2.24) is 10.1 Å². The van der Waals surface area contributed by atoms with Crippen LogP contribution in [0.1, 0.15) is 45.1 Å². The molecule has 1 aliphatic rings. The minimum Gasteiger partial charge on any atom is -0.452 e. The second-order valence-corrected chi connectivity index (χ2v) is 8.64. The van der Waals surface area contributed by atoms with Crippen LogP contribution in [0.2, 0.25) is 0 Å². The summed E-state index contributed by atoms with van der Waals surface area (Å²) in [5.41, 5.74) is 0.532. The molecular weight excluding hydrogens is 447 g/mol. The van der Waals surface area contributed by atoms with Gasteiger partial charge in [0.25, 0.3) is 5.89 Å². The van der Waals surface area contributed by atoms with Crippen molar-refractivity contribution in [2.75, 3.05) is 5.32 Å². The molecule has 0 saturated heterocycles. The van der Waals surface area contributed by atoms with Crippen LogP contribution in [0, 0.1) is 19.8 Å². The fraction of sp³-hybridized carbons (Fsp3) is 0.333. The number of rotatable bonds is 6. The first-order valence-corrected chi connectivity index (χ1v) is 10.5. The Bertz CT molecular complexity index is 1160. The zero-order valence-electron chi connectivity index (χ0n) is 17.1. The summed E-state index contributed by atoms with van der Waals surface area (Å²) in [6.07, 6.45) is -2.76. The van der Waals surface area contributed by atoms with E-state index in [9.17, 15) is 22.8 Å². The van der Waals surface area contributed by atoms with Gasteiger partial charge >= 0.3 is 12.1 Å². The van der Waals surface area contributed by atoms with Crippen LogP contribution in [0.4, 0.5) is 18.2 Å². The first-order valence-electron chi connectivity index (χ1n) is 9.71. The number of hydrogen-bond acceptors (Lipinski definition) is 7. The number of halogens is 3. The fourth-order valence-electron chi connectivity index (χ4n) is 2.96. The third kappa shape index (κ3) is 4.67. The molecule has 1 amide bonds. The van der Waals surface area contributed by atoms with Crippen LogP contribution in [0.5, 0.6) is 0 Å². The number of thiophene rings is 1. The summed E-state index contributed by atoms with van der Waals surface area (Å²) in [5, 5.41) is 6.96. The predicted octanol–water partition coefficient (Wildman–Crippen LogP) is 5.14. The summed E-state index contributed by atoms with van der Waals surface area (Å²) in [4.78, 5) is 29.7. The van der Waals surface area contributed by atoms with E-state index in [4.69, 9.17) is 9.26 Å². The Balaban J connectivity index is 1.43. The van der Waals surface area contributed by atoms with Gasteiger partial charge in [-0.25, -0.2) is 4.79 Å². The molecule has 1 saturated carbocycles. The first-order chi connectivity index (χ1) is 15.1. The monoisotopic (exact) mass is 465 g/mol. The lowest BCUT2D eigenvalue weighted by Crippen LogP contribution is -2.16. The van der Waals surface area contributed by atoms with Gasteiger partial charge in [-0.05, 0) is 44.4 Å². The van der Waals surface area contributed by atoms with E-state index in [1.807, 2.05) is 6.92 Å². The van der Waals surface area contributed by atoms with Crippen molar-refractivity contribution in [3.8, 4) is 11.4 Å². The van der Waals surface area contributed by atoms with E-state index in [0.29, 0.717) is 16.1 Å². The number of esters is 1. The van der Waals surface area contributed by atoms with Crippen LogP contribution < -0.4 is 5.32 Å². The van der Waals surface area contributed by atoms with Gasteiger partial charge in [0.15, 0.2) is 6.61 Å². The Morgan fingerprint density at radius 3 is 2.53 bits per heavy atom. The number of aromatic nitrogens is 2. The standard InChI is InChI=1S/C21H18F3N3O4S/c1-10-11(2)32-19(26-18(28)13-3-4-13)16(10)20(29)30-9-15-25-17(27-31-15)12-5-7-14(8-6-12)21(22,23)24/h5-8,13H,3-4,9H2,1-2H3,(H,26,28). The molecule has 1 aromatic carbocycles. The zero-order valence-corrected chi connectivity index (χ0v) is 17.9. The second kappa shape index (κ2) is 8.38. The number of benzene rings is 1. The number of ether oxygens (including phenoxy) is 1. The van der Waals surface area contributed by atoms with Crippen LogP contribution in [-0.2, 0) is 22.3 Å². The topological polar surface area (TPSA) is 94.3 Å². The van der Waals surface area contributed by atoms with E-state index in [1.165, 1.54) is 23.5 Å². The molecule has 168 valence electrons. The van der Waals surface area contributed by atoms with Gasteiger partial charge in [0.1, 0.15) is 5.00 Å². The van der Waals surface area contributed by atoms with Gasteiger partial charge in [0.2, 0.25) is 11.7 Å². The Hall–Kier alpha value is -3.21. The molecule has 1 fully saturated rings. The average Bonchev–Trinajstić information content (AvgIpc) is 3.43. The third-order valence-corrected chi connectivity index (χ3v) is 6.16. The van der Waals surface area contributed by atoms with Crippen molar-refractivity contribution in [2.45, 2.75) is 39.5 Å². The summed E-state index contributed by atoms with van der Waals surface area (Å²) in [7, 11) is 0. The van der Waals surface area contributed by atoms with E-state index in [0.717, 1.165) is 29.9 Å². The molecule has 7 nitrogen and oxygen atoms in total. The zero-order chi connectivity index (χ0) is 23.0. The van der Waals surface area contributed by atoms with E-state index in [1.54, 1.807) is 6.92 Å². The fourth-order valence-corrected chi connectivity index (χ4v) is 4.01. The number of nitrogens with zero attached hydrogens (tertiary/aromatic N) is 2. The minimum absolute atomic E-state index is 0.0106. The molecule has 4 rings (SSSR count). The molecule has 0 radical (unpaired) electrons. The molecule has 2 heterocycles. The molecule has 0 unspecified atom stereocenters.